The summed E-state index contributed by atoms with van der Waals surface area (Å²) in [7, 11) is 0. The zero-order chi connectivity index (χ0) is 15.2. The van der Waals surface area contributed by atoms with E-state index in [1.165, 1.54) is 41.0 Å². The quantitative estimate of drug-likeness (QED) is 0.788. The molecular weight excluding hydrogens is 306 g/mol. The molecule has 6 heteroatoms. The number of thiophene rings is 1. The number of hydrogen-bond acceptors (Lipinski definition) is 4. The highest BCUT2D eigenvalue weighted by molar-refractivity contribution is 7.98. The highest BCUT2D eigenvalue weighted by atomic mass is 32.2. The minimum Gasteiger partial charge on any atom is -0.480 e. The lowest BCUT2D eigenvalue weighted by molar-refractivity contribution is -0.139. The maximum Gasteiger partial charge on any atom is 0.326 e. The number of nitrogens with one attached hydrogen (secondary N) is 1. The zero-order valence-corrected chi connectivity index (χ0v) is 13.8. The van der Waals surface area contributed by atoms with Gasteiger partial charge < -0.3 is 10.4 Å². The van der Waals surface area contributed by atoms with Crippen molar-refractivity contribution < 1.29 is 14.7 Å². The first-order chi connectivity index (χ1) is 10.1. The Kier molecular flexibility index (Phi) is 6.11. The number of aryl methyl sites for hydroxylation is 2. The molecule has 4 nitrogen and oxygen atoms in total. The molecule has 0 radical (unpaired) electrons. The molecule has 0 fully saturated rings. The van der Waals surface area contributed by atoms with E-state index in [9.17, 15) is 14.7 Å². The topological polar surface area (TPSA) is 66.4 Å². The number of carbonyl (C=O) groups is 2. The molecule has 0 aromatic carbocycles. The number of fused-ring (bicyclic) bond motifs is 1. The molecule has 1 amide bonds. The number of aliphatic carboxylic acids is 1. The Balaban J connectivity index is 2.03. The number of amides is 1. The van der Waals surface area contributed by atoms with Gasteiger partial charge in [-0.25, -0.2) is 4.79 Å². The van der Waals surface area contributed by atoms with Crippen LogP contribution in [0.2, 0.25) is 0 Å². The van der Waals surface area contributed by atoms with Crippen molar-refractivity contribution in [1.29, 1.82) is 0 Å². The Morgan fingerprint density at radius 3 is 2.86 bits per heavy atom. The summed E-state index contributed by atoms with van der Waals surface area (Å²) >= 11 is 3.11. The van der Waals surface area contributed by atoms with E-state index in [0.717, 1.165) is 18.6 Å². The molecule has 1 aromatic heterocycles. The Bertz CT molecular complexity index is 490. The van der Waals surface area contributed by atoms with Crippen molar-refractivity contribution in [2.45, 2.75) is 44.6 Å². The lowest BCUT2D eigenvalue weighted by Gasteiger charge is -2.13. The van der Waals surface area contributed by atoms with Crippen molar-refractivity contribution >= 4 is 35.0 Å². The first-order valence-electron chi connectivity index (χ1n) is 7.26. The van der Waals surface area contributed by atoms with Crippen LogP contribution in [0.4, 0.5) is 0 Å². The molecule has 1 heterocycles. The van der Waals surface area contributed by atoms with E-state index in [-0.39, 0.29) is 5.91 Å². The molecule has 21 heavy (non-hydrogen) atoms. The summed E-state index contributed by atoms with van der Waals surface area (Å²) in [5, 5.41) is 11.8. The summed E-state index contributed by atoms with van der Waals surface area (Å²) in [5.41, 5.74) is 1.28. The lowest BCUT2D eigenvalue weighted by Crippen LogP contribution is -2.40. The van der Waals surface area contributed by atoms with Gasteiger partial charge in [-0.2, -0.15) is 11.8 Å². The first kappa shape index (κ1) is 16.4. The van der Waals surface area contributed by atoms with Crippen molar-refractivity contribution in [3.05, 3.63) is 21.4 Å². The van der Waals surface area contributed by atoms with E-state index in [1.807, 2.05) is 12.3 Å². The van der Waals surface area contributed by atoms with E-state index >= 15 is 0 Å². The van der Waals surface area contributed by atoms with Gasteiger partial charge in [0.25, 0.3) is 5.91 Å². The second kappa shape index (κ2) is 7.84. The minimum atomic E-state index is -0.962. The van der Waals surface area contributed by atoms with Crippen molar-refractivity contribution in [1.82, 2.24) is 5.32 Å². The molecule has 1 unspecified atom stereocenters. The summed E-state index contributed by atoms with van der Waals surface area (Å²) in [6, 6.07) is 1.15. The number of hydrogen-bond donors (Lipinski definition) is 2. The third kappa shape index (κ3) is 4.48. The third-order valence-corrected chi connectivity index (χ3v) is 5.56. The Labute approximate surface area is 133 Å². The van der Waals surface area contributed by atoms with Crippen molar-refractivity contribution in [3.8, 4) is 0 Å². The molecule has 2 rings (SSSR count). The predicted octanol–water partition coefficient (Wildman–Crippen LogP) is 2.95. The summed E-state index contributed by atoms with van der Waals surface area (Å²) in [4.78, 5) is 25.4. The minimum absolute atomic E-state index is 0.249. The van der Waals surface area contributed by atoms with Crippen molar-refractivity contribution in [2.75, 3.05) is 12.0 Å². The number of carboxylic acids is 1. The summed E-state index contributed by atoms with van der Waals surface area (Å²) in [6.07, 6.45) is 8.06. The standard InChI is InChI=1S/C15H21NO3S2/c1-20-8-7-11(15(18)19)16-14(17)13-9-10-5-3-2-4-6-12(10)21-13/h9,11H,2-8H2,1H3,(H,16,17)(H,18,19). The molecule has 0 aliphatic heterocycles. The van der Waals surface area contributed by atoms with Gasteiger partial charge >= 0.3 is 5.97 Å². The van der Waals surface area contributed by atoms with Crippen LogP contribution in [0.1, 0.15) is 45.8 Å². The summed E-state index contributed by atoms with van der Waals surface area (Å²) in [5.74, 6) is -0.491. The average Bonchev–Trinajstić information content (AvgIpc) is 2.74. The smallest absolute Gasteiger partial charge is 0.326 e. The van der Waals surface area contributed by atoms with Crippen LogP contribution in [0, 0.1) is 0 Å². The van der Waals surface area contributed by atoms with Crippen LogP contribution in [-0.4, -0.2) is 35.0 Å². The zero-order valence-electron chi connectivity index (χ0n) is 12.2. The van der Waals surface area contributed by atoms with Gasteiger partial charge in [0.1, 0.15) is 6.04 Å². The van der Waals surface area contributed by atoms with Crippen LogP contribution in [0.25, 0.3) is 0 Å². The Hall–Kier alpha value is -1.01. The molecular formula is C15H21NO3S2. The van der Waals surface area contributed by atoms with Crippen LogP contribution in [0.15, 0.2) is 6.07 Å². The average molecular weight is 327 g/mol. The third-order valence-electron chi connectivity index (χ3n) is 3.68. The van der Waals surface area contributed by atoms with Crippen LogP contribution < -0.4 is 5.32 Å². The summed E-state index contributed by atoms with van der Waals surface area (Å²) < 4.78 is 0. The molecule has 2 N–H and O–H groups in total. The van der Waals surface area contributed by atoms with Crippen molar-refractivity contribution in [2.24, 2.45) is 0 Å². The molecule has 116 valence electrons. The van der Waals surface area contributed by atoms with Crippen LogP contribution >= 0.6 is 23.1 Å². The maximum absolute atomic E-state index is 12.3. The van der Waals surface area contributed by atoms with Gasteiger partial charge in [-0.15, -0.1) is 11.3 Å². The molecule has 1 atom stereocenters. The Morgan fingerprint density at radius 1 is 1.38 bits per heavy atom. The second-order valence-electron chi connectivity index (χ2n) is 5.27. The predicted molar refractivity (Wildman–Crippen MR) is 87.5 cm³/mol. The number of carboxylic acid groups (broad SMARTS) is 1. The van der Waals surface area contributed by atoms with E-state index in [0.29, 0.717) is 11.3 Å². The SMILES string of the molecule is CSCCC(NC(=O)c1cc2c(s1)CCCCC2)C(=O)O. The van der Waals surface area contributed by atoms with Gasteiger partial charge in [-0.3, -0.25) is 4.79 Å². The number of rotatable bonds is 6. The van der Waals surface area contributed by atoms with E-state index in [2.05, 4.69) is 5.32 Å². The normalized spacial score (nSPS) is 15.9. The fourth-order valence-corrected chi connectivity index (χ4v) is 4.13. The summed E-state index contributed by atoms with van der Waals surface area (Å²) in [6.45, 7) is 0. The maximum atomic E-state index is 12.3. The first-order valence-corrected chi connectivity index (χ1v) is 9.47. The fourth-order valence-electron chi connectivity index (χ4n) is 2.50. The molecule has 1 aliphatic carbocycles. The fraction of sp³-hybridized carbons (Fsp3) is 0.600. The van der Waals surface area contributed by atoms with Gasteiger partial charge in [-0.05, 0) is 55.7 Å². The highest BCUT2D eigenvalue weighted by Gasteiger charge is 2.22. The van der Waals surface area contributed by atoms with E-state index < -0.39 is 12.0 Å². The van der Waals surface area contributed by atoms with Gasteiger partial charge in [0.15, 0.2) is 0 Å². The van der Waals surface area contributed by atoms with E-state index in [4.69, 9.17) is 0 Å². The molecule has 1 aliphatic rings. The Morgan fingerprint density at radius 2 is 2.14 bits per heavy atom. The molecule has 0 saturated carbocycles. The van der Waals surface area contributed by atoms with Gasteiger partial charge in [-0.1, -0.05) is 6.42 Å². The number of thioether (sulfide) groups is 1. The van der Waals surface area contributed by atoms with Crippen LogP contribution in [0.5, 0.6) is 0 Å². The largest absolute Gasteiger partial charge is 0.480 e. The van der Waals surface area contributed by atoms with E-state index in [1.54, 1.807) is 11.8 Å². The molecule has 0 saturated heterocycles. The highest BCUT2D eigenvalue weighted by Crippen LogP contribution is 2.29. The van der Waals surface area contributed by atoms with Crippen LogP contribution in [0.3, 0.4) is 0 Å². The molecule has 1 aromatic rings. The second-order valence-corrected chi connectivity index (χ2v) is 7.39. The molecule has 0 bridgehead atoms. The monoisotopic (exact) mass is 327 g/mol. The number of carbonyl (C=O) groups excluding carboxylic acids is 1. The van der Waals surface area contributed by atoms with Gasteiger partial charge in [0.2, 0.25) is 0 Å². The van der Waals surface area contributed by atoms with Gasteiger partial charge in [0.05, 0.1) is 4.88 Å². The van der Waals surface area contributed by atoms with Crippen LogP contribution in [-0.2, 0) is 17.6 Å². The lowest BCUT2D eigenvalue weighted by atomic mass is 10.1. The molecule has 0 spiro atoms. The van der Waals surface area contributed by atoms with Crippen molar-refractivity contribution in [3.63, 3.8) is 0 Å². The van der Waals surface area contributed by atoms with Gasteiger partial charge in [0, 0.05) is 4.88 Å².